The van der Waals surface area contributed by atoms with E-state index in [2.05, 4.69) is 5.32 Å². The summed E-state index contributed by atoms with van der Waals surface area (Å²) in [6, 6.07) is -0.356. The number of hydrogen-bond acceptors (Lipinski definition) is 2. The lowest BCUT2D eigenvalue weighted by Crippen LogP contribution is -2.25. The van der Waals surface area contributed by atoms with Crippen molar-refractivity contribution < 1.29 is 9.18 Å². The third-order valence-corrected chi connectivity index (χ3v) is 0.603. The van der Waals surface area contributed by atoms with Crippen molar-refractivity contribution in [2.75, 3.05) is 6.80 Å². The van der Waals surface area contributed by atoms with E-state index in [1.165, 1.54) is 0 Å². The van der Waals surface area contributed by atoms with E-state index >= 15 is 0 Å². The Balaban J connectivity index is 2.98. The number of rotatable bonds is 3. The monoisotopic (exact) mass is 105 g/mol. The van der Waals surface area contributed by atoms with E-state index in [1.54, 1.807) is 6.92 Å². The van der Waals surface area contributed by atoms with Crippen LogP contribution in [0.2, 0.25) is 0 Å². The molecule has 0 amide bonds. The van der Waals surface area contributed by atoms with Gasteiger partial charge in [0.25, 0.3) is 0 Å². The highest BCUT2D eigenvalue weighted by molar-refractivity contribution is 5.56. The molecule has 0 bridgehead atoms. The van der Waals surface area contributed by atoms with Crippen LogP contribution in [-0.4, -0.2) is 19.1 Å². The molecule has 7 heavy (non-hydrogen) atoms. The second-order valence-corrected chi connectivity index (χ2v) is 1.26. The lowest BCUT2D eigenvalue weighted by atomic mass is 10.4. The van der Waals surface area contributed by atoms with Crippen LogP contribution < -0.4 is 5.32 Å². The molecule has 1 atom stereocenters. The minimum Gasteiger partial charge on any atom is -0.302 e. The van der Waals surface area contributed by atoms with E-state index in [0.29, 0.717) is 6.29 Å². The van der Waals surface area contributed by atoms with Crippen LogP contribution in [0.25, 0.3) is 0 Å². The number of alkyl halides is 1. The summed E-state index contributed by atoms with van der Waals surface area (Å²) in [6.45, 7) is 0.951. The maximum atomic E-state index is 11.2. The van der Waals surface area contributed by atoms with Crippen LogP contribution in [0, 0.1) is 0 Å². The Bertz CT molecular complexity index is 57.7. The maximum Gasteiger partial charge on any atom is 0.141 e. The normalized spacial score (nSPS) is 13.4. The smallest absolute Gasteiger partial charge is 0.141 e. The van der Waals surface area contributed by atoms with Gasteiger partial charge in [-0.05, 0) is 6.92 Å². The van der Waals surface area contributed by atoms with E-state index in [0.717, 1.165) is 0 Å². The summed E-state index contributed by atoms with van der Waals surface area (Å²) in [5.41, 5.74) is 0. The van der Waals surface area contributed by atoms with Crippen molar-refractivity contribution in [1.82, 2.24) is 5.32 Å². The fourth-order valence-electron chi connectivity index (χ4n) is 0.170. The van der Waals surface area contributed by atoms with Gasteiger partial charge in [-0.1, -0.05) is 0 Å². The molecule has 0 rings (SSSR count). The molecule has 0 aliphatic rings. The fourth-order valence-corrected chi connectivity index (χ4v) is 0.170. The van der Waals surface area contributed by atoms with Crippen LogP contribution in [-0.2, 0) is 4.79 Å². The SMILES string of the molecule is CC(C=O)NCF. The van der Waals surface area contributed by atoms with E-state index in [4.69, 9.17) is 0 Å². The second kappa shape index (κ2) is 3.74. The Kier molecular flexibility index (Phi) is 3.50. The third kappa shape index (κ3) is 3.39. The summed E-state index contributed by atoms with van der Waals surface area (Å²) in [4.78, 5) is 9.67. The summed E-state index contributed by atoms with van der Waals surface area (Å²) in [5, 5.41) is 2.26. The molecule has 0 saturated carbocycles. The Morgan fingerprint density at radius 3 is 2.71 bits per heavy atom. The van der Waals surface area contributed by atoms with Gasteiger partial charge in [-0.25, -0.2) is 4.39 Å². The molecule has 42 valence electrons. The van der Waals surface area contributed by atoms with E-state index < -0.39 is 6.80 Å². The highest BCUT2D eigenvalue weighted by Gasteiger charge is 1.92. The van der Waals surface area contributed by atoms with Crippen molar-refractivity contribution in [2.45, 2.75) is 13.0 Å². The highest BCUT2D eigenvalue weighted by atomic mass is 19.1. The minimum absolute atomic E-state index is 0.356. The van der Waals surface area contributed by atoms with Gasteiger partial charge in [0.15, 0.2) is 0 Å². The standard InChI is InChI=1S/C4H8FNO/c1-4(2-7)6-3-5/h2,4,6H,3H2,1H3. The number of carbonyl (C=O) groups excluding carboxylic acids is 1. The molecular formula is C4H8FNO. The van der Waals surface area contributed by atoms with Gasteiger partial charge in [0.1, 0.15) is 13.1 Å². The first kappa shape index (κ1) is 6.56. The van der Waals surface area contributed by atoms with Crippen molar-refractivity contribution in [3.05, 3.63) is 0 Å². The van der Waals surface area contributed by atoms with E-state index in [9.17, 15) is 9.18 Å². The molecule has 0 radical (unpaired) electrons. The quantitative estimate of drug-likeness (QED) is 0.407. The third-order valence-electron chi connectivity index (χ3n) is 0.603. The first-order valence-electron chi connectivity index (χ1n) is 2.06. The Morgan fingerprint density at radius 1 is 2.00 bits per heavy atom. The Morgan fingerprint density at radius 2 is 2.57 bits per heavy atom. The summed E-state index contributed by atoms with van der Waals surface area (Å²) >= 11 is 0. The average Bonchev–Trinajstić information content (AvgIpc) is 1.68. The summed E-state index contributed by atoms with van der Waals surface area (Å²) < 4.78 is 11.2. The van der Waals surface area contributed by atoms with Crippen molar-refractivity contribution in [1.29, 1.82) is 0 Å². The fraction of sp³-hybridized carbons (Fsp3) is 0.750. The molecule has 0 heterocycles. The predicted molar refractivity (Wildman–Crippen MR) is 24.6 cm³/mol. The van der Waals surface area contributed by atoms with E-state index in [1.807, 2.05) is 0 Å². The molecular weight excluding hydrogens is 97.0 g/mol. The topological polar surface area (TPSA) is 29.1 Å². The van der Waals surface area contributed by atoms with Crippen molar-refractivity contribution >= 4 is 6.29 Å². The van der Waals surface area contributed by atoms with Gasteiger partial charge in [-0.2, -0.15) is 0 Å². The molecule has 0 fully saturated rings. The van der Waals surface area contributed by atoms with Crippen LogP contribution in [0.1, 0.15) is 6.92 Å². The molecule has 1 N–H and O–H groups in total. The summed E-state index contributed by atoms with van der Waals surface area (Å²) in [6.07, 6.45) is 0.652. The van der Waals surface area contributed by atoms with Crippen LogP contribution >= 0.6 is 0 Å². The molecule has 0 spiro atoms. The van der Waals surface area contributed by atoms with Crippen LogP contribution in [0.15, 0.2) is 0 Å². The van der Waals surface area contributed by atoms with Gasteiger partial charge in [-0.15, -0.1) is 0 Å². The first-order valence-corrected chi connectivity index (χ1v) is 2.06. The number of nitrogens with one attached hydrogen (secondary N) is 1. The Labute approximate surface area is 41.7 Å². The zero-order valence-electron chi connectivity index (χ0n) is 4.15. The van der Waals surface area contributed by atoms with Gasteiger partial charge in [0.2, 0.25) is 0 Å². The van der Waals surface area contributed by atoms with Gasteiger partial charge >= 0.3 is 0 Å². The van der Waals surface area contributed by atoms with Crippen LogP contribution in [0.3, 0.4) is 0 Å². The van der Waals surface area contributed by atoms with Crippen LogP contribution in [0.4, 0.5) is 4.39 Å². The van der Waals surface area contributed by atoms with Gasteiger partial charge in [0, 0.05) is 0 Å². The van der Waals surface area contributed by atoms with Crippen molar-refractivity contribution in [3.8, 4) is 0 Å². The molecule has 0 aromatic heterocycles. The molecule has 0 aliphatic carbocycles. The van der Waals surface area contributed by atoms with E-state index in [-0.39, 0.29) is 6.04 Å². The molecule has 1 unspecified atom stereocenters. The number of aldehydes is 1. The first-order chi connectivity index (χ1) is 3.31. The minimum atomic E-state index is -0.639. The van der Waals surface area contributed by atoms with Gasteiger partial charge < -0.3 is 4.79 Å². The molecule has 2 nitrogen and oxygen atoms in total. The largest absolute Gasteiger partial charge is 0.302 e. The Hall–Kier alpha value is -0.440. The second-order valence-electron chi connectivity index (χ2n) is 1.26. The van der Waals surface area contributed by atoms with Crippen LogP contribution in [0.5, 0.6) is 0 Å². The molecule has 0 aromatic carbocycles. The zero-order valence-corrected chi connectivity index (χ0v) is 4.15. The number of halogens is 1. The van der Waals surface area contributed by atoms with Crippen molar-refractivity contribution in [3.63, 3.8) is 0 Å². The lowest BCUT2D eigenvalue weighted by molar-refractivity contribution is -0.109. The van der Waals surface area contributed by atoms with Gasteiger partial charge in [-0.3, -0.25) is 5.32 Å². The lowest BCUT2D eigenvalue weighted by Gasteiger charge is -1.97. The molecule has 0 aromatic rings. The molecule has 0 saturated heterocycles. The molecule has 3 heteroatoms. The highest BCUT2D eigenvalue weighted by Crippen LogP contribution is 1.70. The average molecular weight is 105 g/mol. The summed E-state index contributed by atoms with van der Waals surface area (Å²) in [5.74, 6) is 0. The van der Waals surface area contributed by atoms with Gasteiger partial charge in [0.05, 0.1) is 6.04 Å². The molecule has 0 aliphatic heterocycles. The maximum absolute atomic E-state index is 11.2. The zero-order chi connectivity index (χ0) is 5.70. The number of hydrogen-bond donors (Lipinski definition) is 1. The number of carbonyl (C=O) groups is 1. The predicted octanol–water partition coefficient (Wildman–Crippen LogP) is 0.0904. The van der Waals surface area contributed by atoms with Crippen molar-refractivity contribution in [2.24, 2.45) is 0 Å². The summed E-state index contributed by atoms with van der Waals surface area (Å²) in [7, 11) is 0.